The second-order valence-corrected chi connectivity index (χ2v) is 5.80. The van der Waals surface area contributed by atoms with Gasteiger partial charge in [0.2, 0.25) is 5.91 Å². The van der Waals surface area contributed by atoms with Gasteiger partial charge >= 0.3 is 0 Å². The van der Waals surface area contributed by atoms with Crippen LogP contribution in [0.1, 0.15) is 47.5 Å². The summed E-state index contributed by atoms with van der Waals surface area (Å²) >= 11 is 0. The van der Waals surface area contributed by atoms with Gasteiger partial charge in [0.15, 0.2) is 0 Å². The maximum absolute atomic E-state index is 12.1. The highest BCUT2D eigenvalue weighted by Crippen LogP contribution is 2.34. The average molecular weight is 244 g/mol. The van der Waals surface area contributed by atoms with Crippen molar-refractivity contribution < 1.29 is 4.79 Å². The largest absolute Gasteiger partial charge is 0.325 e. The van der Waals surface area contributed by atoms with Gasteiger partial charge in [0.05, 0.1) is 0 Å². The zero-order valence-corrected chi connectivity index (χ0v) is 12.0. The van der Waals surface area contributed by atoms with Gasteiger partial charge in [-0.25, -0.2) is 0 Å². The Kier molecular flexibility index (Phi) is 5.58. The average Bonchev–Trinajstić information content (AvgIpc) is 2.15. The van der Waals surface area contributed by atoms with Crippen LogP contribution in [0.15, 0.2) is 0 Å². The van der Waals surface area contributed by atoms with Crippen LogP contribution in [0.5, 0.6) is 0 Å². The fourth-order valence-electron chi connectivity index (χ4n) is 1.71. The molecule has 17 heavy (non-hydrogen) atoms. The topological polar surface area (TPSA) is 84.4 Å². The van der Waals surface area contributed by atoms with Crippen molar-refractivity contribution in [2.24, 2.45) is 22.9 Å². The molecule has 0 fully saturated rings. The van der Waals surface area contributed by atoms with Gasteiger partial charge in [0.1, 0.15) is 0 Å². The van der Waals surface area contributed by atoms with Crippen LogP contribution in [0.25, 0.3) is 0 Å². The summed E-state index contributed by atoms with van der Waals surface area (Å²) in [4.78, 5) is 12.1. The Morgan fingerprint density at radius 1 is 1.41 bits per heavy atom. The van der Waals surface area contributed by atoms with Gasteiger partial charge in [-0.2, -0.15) is 5.12 Å². The molecule has 0 heterocycles. The van der Waals surface area contributed by atoms with E-state index < -0.39 is 5.41 Å². The minimum Gasteiger partial charge on any atom is -0.325 e. The maximum Gasteiger partial charge on any atom is 0.241 e. The molecule has 1 amide bonds. The van der Waals surface area contributed by atoms with E-state index in [0.717, 1.165) is 6.42 Å². The zero-order chi connectivity index (χ0) is 13.9. The second kappa shape index (κ2) is 5.80. The summed E-state index contributed by atoms with van der Waals surface area (Å²) in [7, 11) is 1.60. The molecule has 5 nitrogen and oxygen atoms in total. The predicted molar refractivity (Wildman–Crippen MR) is 70.5 cm³/mol. The Labute approximate surface area is 105 Å². The van der Waals surface area contributed by atoms with Crippen molar-refractivity contribution in [3.8, 4) is 0 Å². The van der Waals surface area contributed by atoms with Gasteiger partial charge in [0, 0.05) is 18.0 Å². The molecular formula is C12H28N4O. The monoisotopic (exact) mass is 244 g/mol. The summed E-state index contributed by atoms with van der Waals surface area (Å²) in [6, 6.07) is 0. The van der Waals surface area contributed by atoms with Gasteiger partial charge in [-0.3, -0.25) is 16.1 Å². The van der Waals surface area contributed by atoms with Crippen molar-refractivity contribution in [2.75, 3.05) is 7.05 Å². The highest BCUT2D eigenvalue weighted by Gasteiger charge is 2.39. The first-order chi connectivity index (χ1) is 7.55. The van der Waals surface area contributed by atoms with E-state index in [1.54, 1.807) is 7.05 Å². The van der Waals surface area contributed by atoms with Gasteiger partial charge in [-0.05, 0) is 25.7 Å². The van der Waals surface area contributed by atoms with E-state index in [1.807, 2.05) is 20.8 Å². The van der Waals surface area contributed by atoms with E-state index in [-0.39, 0.29) is 11.4 Å². The fourth-order valence-corrected chi connectivity index (χ4v) is 1.71. The molecule has 2 unspecified atom stereocenters. The lowest BCUT2D eigenvalue weighted by molar-refractivity contribution is -0.136. The summed E-state index contributed by atoms with van der Waals surface area (Å²) < 4.78 is 0. The van der Waals surface area contributed by atoms with Crippen LogP contribution in [-0.4, -0.2) is 23.6 Å². The molecule has 0 rings (SSSR count). The highest BCUT2D eigenvalue weighted by molar-refractivity contribution is 5.81. The molecule has 0 aromatic carbocycles. The lowest BCUT2D eigenvalue weighted by atomic mass is 9.71. The van der Waals surface area contributed by atoms with Crippen molar-refractivity contribution in [3.05, 3.63) is 0 Å². The van der Waals surface area contributed by atoms with E-state index in [0.29, 0.717) is 12.3 Å². The van der Waals surface area contributed by atoms with Crippen LogP contribution in [0.2, 0.25) is 0 Å². The van der Waals surface area contributed by atoms with Gasteiger partial charge < -0.3 is 5.73 Å². The molecule has 0 saturated carbocycles. The summed E-state index contributed by atoms with van der Waals surface area (Å²) in [6.45, 7) is 10.1. The van der Waals surface area contributed by atoms with E-state index in [2.05, 4.69) is 19.3 Å². The SMILES string of the molecule is CCC(C)(CC(C)(N)C(C)C)C(=O)NN(C)N. The van der Waals surface area contributed by atoms with Crippen LogP contribution < -0.4 is 17.0 Å². The summed E-state index contributed by atoms with van der Waals surface area (Å²) in [5.74, 6) is 5.67. The molecule has 0 aromatic rings. The molecule has 0 radical (unpaired) electrons. The number of carbonyl (C=O) groups is 1. The van der Waals surface area contributed by atoms with Crippen molar-refractivity contribution in [1.82, 2.24) is 10.5 Å². The minimum absolute atomic E-state index is 0.0812. The standard InChI is InChI=1S/C12H28N4O/c1-7-11(4,10(17)15-16(6)14)8-12(5,13)9(2)3/h9H,7-8,13-14H2,1-6H3,(H,15,17). The molecule has 0 aliphatic carbocycles. The van der Waals surface area contributed by atoms with Gasteiger partial charge in [-0.15, -0.1) is 0 Å². The number of nitrogens with zero attached hydrogens (tertiary/aromatic N) is 1. The van der Waals surface area contributed by atoms with Crippen molar-refractivity contribution in [2.45, 2.75) is 53.0 Å². The number of amides is 1. The summed E-state index contributed by atoms with van der Waals surface area (Å²) in [6.07, 6.45) is 1.36. The van der Waals surface area contributed by atoms with Gasteiger partial charge in [0.25, 0.3) is 0 Å². The smallest absolute Gasteiger partial charge is 0.241 e. The number of hydrazine groups is 2. The first-order valence-corrected chi connectivity index (χ1v) is 6.13. The zero-order valence-electron chi connectivity index (χ0n) is 12.0. The van der Waals surface area contributed by atoms with Crippen LogP contribution in [-0.2, 0) is 4.79 Å². The number of carbonyl (C=O) groups excluding carboxylic acids is 1. The Balaban J connectivity index is 4.85. The summed E-state index contributed by atoms with van der Waals surface area (Å²) in [5.41, 5.74) is 8.01. The van der Waals surface area contributed by atoms with Crippen molar-refractivity contribution in [3.63, 3.8) is 0 Å². The number of rotatable bonds is 6. The molecule has 0 aliphatic rings. The third kappa shape index (κ3) is 4.61. The van der Waals surface area contributed by atoms with E-state index in [4.69, 9.17) is 11.6 Å². The summed E-state index contributed by atoms with van der Waals surface area (Å²) in [5, 5.41) is 1.18. The Morgan fingerprint density at radius 2 is 1.88 bits per heavy atom. The molecule has 5 N–H and O–H groups in total. The third-order valence-electron chi connectivity index (χ3n) is 3.70. The van der Waals surface area contributed by atoms with E-state index >= 15 is 0 Å². The molecule has 0 aliphatic heterocycles. The quantitative estimate of drug-likeness (QED) is 0.481. The molecule has 0 saturated heterocycles. The molecule has 0 spiro atoms. The maximum atomic E-state index is 12.1. The molecule has 0 aromatic heterocycles. The molecule has 5 heteroatoms. The van der Waals surface area contributed by atoms with E-state index in [9.17, 15) is 4.79 Å². The van der Waals surface area contributed by atoms with Crippen LogP contribution in [0.3, 0.4) is 0 Å². The predicted octanol–water partition coefficient (Wildman–Crippen LogP) is 1.00. The third-order valence-corrected chi connectivity index (χ3v) is 3.70. The first kappa shape index (κ1) is 16.4. The van der Waals surface area contributed by atoms with Crippen LogP contribution in [0.4, 0.5) is 0 Å². The number of hydrogen-bond acceptors (Lipinski definition) is 4. The van der Waals surface area contributed by atoms with Crippen LogP contribution >= 0.6 is 0 Å². The number of hydrogen-bond donors (Lipinski definition) is 3. The lowest BCUT2D eigenvalue weighted by Crippen LogP contribution is -2.54. The van der Waals surface area contributed by atoms with Crippen LogP contribution in [0, 0.1) is 11.3 Å². The van der Waals surface area contributed by atoms with Crippen molar-refractivity contribution in [1.29, 1.82) is 0 Å². The normalized spacial score (nSPS) is 18.9. The van der Waals surface area contributed by atoms with E-state index in [1.165, 1.54) is 5.12 Å². The molecule has 0 bridgehead atoms. The second-order valence-electron chi connectivity index (χ2n) is 5.80. The first-order valence-electron chi connectivity index (χ1n) is 6.13. The van der Waals surface area contributed by atoms with Crippen molar-refractivity contribution >= 4 is 5.91 Å². The lowest BCUT2D eigenvalue weighted by Gasteiger charge is -2.38. The van der Waals surface area contributed by atoms with Gasteiger partial charge in [-0.1, -0.05) is 27.7 Å². The number of nitrogens with one attached hydrogen (secondary N) is 1. The highest BCUT2D eigenvalue weighted by atomic mass is 16.2. The number of nitrogens with two attached hydrogens (primary N) is 2. The molecular weight excluding hydrogens is 216 g/mol. The Bertz CT molecular complexity index is 263. The Morgan fingerprint density at radius 3 is 2.18 bits per heavy atom. The Hall–Kier alpha value is -0.650. The molecule has 102 valence electrons. The fraction of sp³-hybridized carbons (Fsp3) is 0.917. The molecule has 2 atom stereocenters. The minimum atomic E-state index is -0.499.